The van der Waals surface area contributed by atoms with Gasteiger partial charge in [-0.2, -0.15) is 0 Å². The first-order chi connectivity index (χ1) is 9.11. The summed E-state index contributed by atoms with van der Waals surface area (Å²) in [6.07, 6.45) is 0.916. The largest absolute Gasteiger partial charge is 0.345 e. The van der Waals surface area contributed by atoms with Crippen LogP contribution in [0.3, 0.4) is 0 Å². The van der Waals surface area contributed by atoms with Crippen LogP contribution in [0.4, 0.5) is 15.8 Å². The molecule has 2 N–H and O–H groups in total. The van der Waals surface area contributed by atoms with Crippen LogP contribution in [0, 0.1) is 5.82 Å². The van der Waals surface area contributed by atoms with Crippen molar-refractivity contribution in [1.29, 1.82) is 0 Å². The van der Waals surface area contributed by atoms with E-state index in [1.54, 1.807) is 6.07 Å². The van der Waals surface area contributed by atoms with Crippen LogP contribution in [0.25, 0.3) is 0 Å². The lowest BCUT2D eigenvalue weighted by Gasteiger charge is -2.20. The summed E-state index contributed by atoms with van der Waals surface area (Å²) < 4.78 is 13.2. The third-order valence-electron chi connectivity index (χ3n) is 3.34. The Hall–Kier alpha value is -1.87. The summed E-state index contributed by atoms with van der Waals surface area (Å²) in [6.45, 7) is 2.07. The van der Waals surface area contributed by atoms with E-state index in [4.69, 9.17) is 5.73 Å². The number of anilines is 2. The Morgan fingerprint density at radius 2 is 1.79 bits per heavy atom. The molecule has 0 saturated heterocycles. The summed E-state index contributed by atoms with van der Waals surface area (Å²) in [5.41, 5.74) is 8.95. The smallest absolute Gasteiger partial charge is 0.125 e. The summed E-state index contributed by atoms with van der Waals surface area (Å²) >= 11 is 0. The van der Waals surface area contributed by atoms with Crippen molar-refractivity contribution in [3.63, 3.8) is 0 Å². The molecule has 100 valence electrons. The second-order valence-corrected chi connectivity index (χ2v) is 4.65. The highest BCUT2D eigenvalue weighted by Gasteiger charge is 2.07. The fourth-order valence-electron chi connectivity index (χ4n) is 2.01. The normalized spacial score (nSPS) is 12.2. The number of halogens is 1. The topological polar surface area (TPSA) is 29.3 Å². The molecule has 0 aliphatic rings. The van der Waals surface area contributed by atoms with Gasteiger partial charge in [0.15, 0.2) is 0 Å². The van der Waals surface area contributed by atoms with Crippen molar-refractivity contribution in [2.45, 2.75) is 19.4 Å². The van der Waals surface area contributed by atoms with Crippen molar-refractivity contribution in [3.8, 4) is 0 Å². The van der Waals surface area contributed by atoms with Crippen molar-refractivity contribution in [2.75, 3.05) is 11.9 Å². The van der Waals surface area contributed by atoms with E-state index in [2.05, 4.69) is 6.92 Å². The highest BCUT2D eigenvalue weighted by atomic mass is 19.1. The first-order valence-electron chi connectivity index (χ1n) is 6.46. The van der Waals surface area contributed by atoms with Gasteiger partial charge in [-0.3, -0.25) is 0 Å². The van der Waals surface area contributed by atoms with E-state index in [0.717, 1.165) is 23.4 Å². The van der Waals surface area contributed by atoms with Crippen molar-refractivity contribution in [3.05, 3.63) is 59.9 Å². The molecule has 1 unspecified atom stereocenters. The fourth-order valence-corrected chi connectivity index (χ4v) is 2.01. The molecule has 1 atom stereocenters. The molecule has 3 heteroatoms. The highest BCUT2D eigenvalue weighted by Crippen LogP contribution is 2.25. The van der Waals surface area contributed by atoms with E-state index < -0.39 is 0 Å². The maximum absolute atomic E-state index is 13.2. The van der Waals surface area contributed by atoms with Gasteiger partial charge in [0.25, 0.3) is 0 Å². The molecule has 0 saturated carbocycles. The number of rotatable bonds is 4. The van der Waals surface area contributed by atoms with Crippen molar-refractivity contribution in [2.24, 2.45) is 5.73 Å². The van der Waals surface area contributed by atoms with E-state index in [9.17, 15) is 4.39 Å². The summed E-state index contributed by atoms with van der Waals surface area (Å²) in [6, 6.07) is 14.7. The molecule has 0 fully saturated rings. The minimum atomic E-state index is -0.228. The Morgan fingerprint density at radius 3 is 2.37 bits per heavy atom. The van der Waals surface area contributed by atoms with Gasteiger partial charge in [-0.15, -0.1) is 0 Å². The maximum Gasteiger partial charge on any atom is 0.125 e. The van der Waals surface area contributed by atoms with Gasteiger partial charge in [0, 0.05) is 24.5 Å². The van der Waals surface area contributed by atoms with Gasteiger partial charge in [-0.05, 0) is 42.3 Å². The molecule has 2 aromatic rings. The van der Waals surface area contributed by atoms with Gasteiger partial charge >= 0.3 is 0 Å². The van der Waals surface area contributed by atoms with Gasteiger partial charge in [-0.25, -0.2) is 4.39 Å². The van der Waals surface area contributed by atoms with Crippen LogP contribution in [0.5, 0.6) is 0 Å². The Bertz CT molecular complexity index is 537. The molecule has 0 spiro atoms. The van der Waals surface area contributed by atoms with Crippen molar-refractivity contribution in [1.82, 2.24) is 0 Å². The van der Waals surface area contributed by atoms with E-state index in [0.29, 0.717) is 0 Å². The zero-order chi connectivity index (χ0) is 13.8. The lowest BCUT2D eigenvalue weighted by molar-refractivity contribution is 0.628. The van der Waals surface area contributed by atoms with Gasteiger partial charge in [0.05, 0.1) is 0 Å². The van der Waals surface area contributed by atoms with Gasteiger partial charge in [-0.1, -0.05) is 25.1 Å². The van der Waals surface area contributed by atoms with E-state index in [-0.39, 0.29) is 11.9 Å². The number of nitrogens with two attached hydrogens (primary N) is 1. The number of hydrogen-bond donors (Lipinski definition) is 1. The van der Waals surface area contributed by atoms with Gasteiger partial charge < -0.3 is 10.6 Å². The van der Waals surface area contributed by atoms with Gasteiger partial charge in [0.2, 0.25) is 0 Å². The molecule has 19 heavy (non-hydrogen) atoms. The lowest BCUT2D eigenvalue weighted by Crippen LogP contribution is -2.11. The van der Waals surface area contributed by atoms with Crippen LogP contribution in [-0.4, -0.2) is 7.05 Å². The fraction of sp³-hybridized carbons (Fsp3) is 0.250. The van der Waals surface area contributed by atoms with Crippen LogP contribution >= 0.6 is 0 Å². The zero-order valence-electron chi connectivity index (χ0n) is 11.3. The SMILES string of the molecule is CCC(N)c1ccc(N(C)c2cccc(F)c2)cc1. The molecular weight excluding hydrogens is 239 g/mol. The molecule has 0 radical (unpaired) electrons. The maximum atomic E-state index is 13.2. The van der Waals surface area contributed by atoms with E-state index in [1.807, 2.05) is 42.3 Å². The molecule has 2 nitrogen and oxygen atoms in total. The molecule has 2 rings (SSSR count). The minimum Gasteiger partial charge on any atom is -0.345 e. The van der Waals surface area contributed by atoms with Crippen LogP contribution in [0.15, 0.2) is 48.5 Å². The molecule has 0 aliphatic heterocycles. The minimum absolute atomic E-state index is 0.0773. The molecule has 0 aliphatic carbocycles. The number of nitrogens with zero attached hydrogens (tertiary/aromatic N) is 1. The summed E-state index contributed by atoms with van der Waals surface area (Å²) in [5, 5.41) is 0. The third-order valence-corrected chi connectivity index (χ3v) is 3.34. The molecule has 0 aromatic heterocycles. The Morgan fingerprint density at radius 1 is 1.11 bits per heavy atom. The van der Waals surface area contributed by atoms with Crippen LogP contribution in [0.2, 0.25) is 0 Å². The van der Waals surface area contributed by atoms with Crippen molar-refractivity contribution < 1.29 is 4.39 Å². The van der Waals surface area contributed by atoms with E-state index in [1.165, 1.54) is 12.1 Å². The Kier molecular flexibility index (Phi) is 4.17. The summed E-state index contributed by atoms with van der Waals surface area (Å²) in [7, 11) is 1.92. The second-order valence-electron chi connectivity index (χ2n) is 4.65. The summed E-state index contributed by atoms with van der Waals surface area (Å²) in [4.78, 5) is 1.95. The first-order valence-corrected chi connectivity index (χ1v) is 6.46. The average molecular weight is 258 g/mol. The standard InChI is InChI=1S/C16H19FN2/c1-3-16(18)12-7-9-14(10-8-12)19(2)15-6-4-5-13(17)11-15/h4-11,16H,3,18H2,1-2H3. The predicted octanol–water partition coefficient (Wildman–Crippen LogP) is 4.00. The highest BCUT2D eigenvalue weighted by molar-refractivity contribution is 5.62. The lowest BCUT2D eigenvalue weighted by atomic mass is 10.1. The van der Waals surface area contributed by atoms with Crippen LogP contribution < -0.4 is 10.6 Å². The van der Waals surface area contributed by atoms with Crippen LogP contribution in [0.1, 0.15) is 24.9 Å². The average Bonchev–Trinajstić information content (AvgIpc) is 2.46. The first kappa shape index (κ1) is 13.6. The number of hydrogen-bond acceptors (Lipinski definition) is 2. The molecule has 2 aromatic carbocycles. The van der Waals surface area contributed by atoms with Crippen LogP contribution in [-0.2, 0) is 0 Å². The van der Waals surface area contributed by atoms with Crippen molar-refractivity contribution >= 4 is 11.4 Å². The number of benzene rings is 2. The predicted molar refractivity (Wildman–Crippen MR) is 78.1 cm³/mol. The molecular formula is C16H19FN2. The third kappa shape index (κ3) is 3.12. The Labute approximate surface area is 113 Å². The van der Waals surface area contributed by atoms with E-state index >= 15 is 0 Å². The second kappa shape index (κ2) is 5.85. The Balaban J connectivity index is 2.22. The molecule has 0 amide bonds. The molecule has 0 heterocycles. The zero-order valence-corrected chi connectivity index (χ0v) is 11.3. The monoisotopic (exact) mass is 258 g/mol. The quantitative estimate of drug-likeness (QED) is 0.898. The summed E-state index contributed by atoms with van der Waals surface area (Å²) in [5.74, 6) is -0.228. The van der Waals surface area contributed by atoms with Gasteiger partial charge in [0.1, 0.15) is 5.82 Å². The molecule has 0 bridgehead atoms.